The van der Waals surface area contributed by atoms with Gasteiger partial charge in [-0.1, -0.05) is 34.6 Å². The minimum Gasteiger partial charge on any atom is -0.312 e. The van der Waals surface area contributed by atoms with Gasteiger partial charge in [-0.2, -0.15) is 0 Å². The third-order valence-electron chi connectivity index (χ3n) is 3.74. The Morgan fingerprint density at radius 2 is 1.85 bits per heavy atom. The summed E-state index contributed by atoms with van der Waals surface area (Å²) < 4.78 is 0. The van der Waals surface area contributed by atoms with Gasteiger partial charge in [0.1, 0.15) is 0 Å². The molecule has 1 N–H and O–H groups in total. The van der Waals surface area contributed by atoms with Gasteiger partial charge in [-0.3, -0.25) is 0 Å². The van der Waals surface area contributed by atoms with E-state index in [0.29, 0.717) is 11.5 Å². The molecule has 1 nitrogen and oxygen atoms in total. The minimum absolute atomic E-state index is 0.590. The number of rotatable bonds is 3. The van der Waals surface area contributed by atoms with Gasteiger partial charge in [-0.05, 0) is 30.6 Å². The lowest BCUT2D eigenvalue weighted by molar-refractivity contribution is 0.220. The fourth-order valence-corrected chi connectivity index (χ4v) is 2.41. The Balaban J connectivity index is 2.44. The van der Waals surface area contributed by atoms with Gasteiger partial charge in [-0.25, -0.2) is 0 Å². The molecule has 1 heteroatoms. The fraction of sp³-hybridized carbons (Fsp3) is 1.00. The van der Waals surface area contributed by atoms with E-state index in [1.54, 1.807) is 0 Å². The van der Waals surface area contributed by atoms with Crippen LogP contribution >= 0.6 is 0 Å². The molecule has 0 aromatic rings. The van der Waals surface area contributed by atoms with Crippen LogP contribution in [0.15, 0.2) is 0 Å². The van der Waals surface area contributed by atoms with Crippen LogP contribution in [0.2, 0.25) is 0 Å². The summed E-state index contributed by atoms with van der Waals surface area (Å²) in [4.78, 5) is 0. The number of hydrogen-bond acceptors (Lipinski definition) is 1. The first-order valence-electron chi connectivity index (χ1n) is 5.70. The summed E-state index contributed by atoms with van der Waals surface area (Å²) in [6.07, 6.45) is 4.13. The molecule has 1 aliphatic carbocycles. The molecule has 2 unspecified atom stereocenters. The topological polar surface area (TPSA) is 12.0 Å². The van der Waals surface area contributed by atoms with Gasteiger partial charge >= 0.3 is 0 Å². The highest BCUT2D eigenvalue weighted by Crippen LogP contribution is 2.43. The van der Waals surface area contributed by atoms with Gasteiger partial charge in [0.2, 0.25) is 0 Å². The van der Waals surface area contributed by atoms with Crippen LogP contribution in [0.4, 0.5) is 0 Å². The maximum absolute atomic E-state index is 3.65. The predicted molar refractivity (Wildman–Crippen MR) is 58.9 cm³/mol. The zero-order valence-corrected chi connectivity index (χ0v) is 9.85. The van der Waals surface area contributed by atoms with E-state index >= 15 is 0 Å². The van der Waals surface area contributed by atoms with Crippen molar-refractivity contribution >= 4 is 0 Å². The molecule has 2 atom stereocenters. The molecule has 0 amide bonds. The second-order valence-electron chi connectivity index (χ2n) is 5.57. The lowest BCUT2D eigenvalue weighted by atomic mass is 9.77. The zero-order valence-electron chi connectivity index (χ0n) is 9.85. The minimum atomic E-state index is 0.590. The second-order valence-corrected chi connectivity index (χ2v) is 5.57. The van der Waals surface area contributed by atoms with E-state index in [9.17, 15) is 0 Å². The van der Waals surface area contributed by atoms with Crippen LogP contribution in [-0.4, -0.2) is 12.1 Å². The Hall–Kier alpha value is -0.0400. The number of nitrogens with one attached hydrogen (secondary N) is 1. The molecule has 1 fully saturated rings. The average Bonchev–Trinajstić information content (AvgIpc) is 2.32. The fourth-order valence-electron chi connectivity index (χ4n) is 2.41. The summed E-state index contributed by atoms with van der Waals surface area (Å²) in [5.74, 6) is 0.825. The summed E-state index contributed by atoms with van der Waals surface area (Å²) >= 11 is 0. The Morgan fingerprint density at radius 3 is 2.23 bits per heavy atom. The lowest BCUT2D eigenvalue weighted by Crippen LogP contribution is -2.34. The van der Waals surface area contributed by atoms with Gasteiger partial charge < -0.3 is 5.32 Å². The Kier molecular flexibility index (Phi) is 3.39. The quantitative estimate of drug-likeness (QED) is 0.708. The van der Waals surface area contributed by atoms with Crippen molar-refractivity contribution in [3.63, 3.8) is 0 Å². The van der Waals surface area contributed by atoms with Crippen LogP contribution in [0.25, 0.3) is 0 Å². The van der Waals surface area contributed by atoms with Gasteiger partial charge in [0, 0.05) is 12.1 Å². The summed E-state index contributed by atoms with van der Waals surface area (Å²) in [6, 6.07) is 1.41. The molecule has 0 saturated heterocycles. The van der Waals surface area contributed by atoms with E-state index < -0.39 is 0 Å². The van der Waals surface area contributed by atoms with E-state index in [4.69, 9.17) is 0 Å². The van der Waals surface area contributed by atoms with Gasteiger partial charge in [0.15, 0.2) is 0 Å². The van der Waals surface area contributed by atoms with Crippen molar-refractivity contribution in [1.82, 2.24) is 5.32 Å². The average molecular weight is 183 g/mol. The van der Waals surface area contributed by atoms with Crippen molar-refractivity contribution < 1.29 is 0 Å². The summed E-state index contributed by atoms with van der Waals surface area (Å²) in [7, 11) is 0. The van der Waals surface area contributed by atoms with Crippen molar-refractivity contribution in [1.29, 1.82) is 0 Å². The Labute approximate surface area is 83.3 Å². The molecular weight excluding hydrogens is 158 g/mol. The van der Waals surface area contributed by atoms with E-state index in [1.165, 1.54) is 19.3 Å². The van der Waals surface area contributed by atoms with E-state index in [1.807, 2.05) is 0 Å². The van der Waals surface area contributed by atoms with Crippen molar-refractivity contribution in [2.45, 2.75) is 66.0 Å². The van der Waals surface area contributed by atoms with E-state index in [2.05, 4.69) is 39.9 Å². The van der Waals surface area contributed by atoms with Crippen molar-refractivity contribution in [3.8, 4) is 0 Å². The molecule has 13 heavy (non-hydrogen) atoms. The third-order valence-corrected chi connectivity index (χ3v) is 3.74. The van der Waals surface area contributed by atoms with Gasteiger partial charge in [0.05, 0.1) is 0 Å². The molecule has 1 saturated carbocycles. The molecular formula is C12H25N. The van der Waals surface area contributed by atoms with Crippen LogP contribution in [0, 0.1) is 11.3 Å². The maximum atomic E-state index is 3.65. The molecule has 0 spiro atoms. The van der Waals surface area contributed by atoms with Crippen LogP contribution in [-0.2, 0) is 0 Å². The van der Waals surface area contributed by atoms with E-state index in [-0.39, 0.29) is 0 Å². The molecule has 0 aromatic carbocycles. The van der Waals surface area contributed by atoms with Crippen molar-refractivity contribution in [3.05, 3.63) is 0 Å². The zero-order chi connectivity index (χ0) is 10.1. The van der Waals surface area contributed by atoms with E-state index in [0.717, 1.165) is 12.0 Å². The maximum Gasteiger partial charge on any atom is 0.00749 e. The largest absolute Gasteiger partial charge is 0.312 e. The molecule has 1 rings (SSSR count). The Morgan fingerprint density at radius 1 is 1.23 bits per heavy atom. The predicted octanol–water partition coefficient (Wildman–Crippen LogP) is 3.20. The Bertz CT molecular complexity index is 163. The van der Waals surface area contributed by atoms with Crippen LogP contribution in [0.1, 0.15) is 53.9 Å². The molecule has 1 aliphatic rings. The first-order valence-corrected chi connectivity index (χ1v) is 5.70. The third kappa shape index (κ3) is 2.70. The van der Waals surface area contributed by atoms with Crippen LogP contribution in [0.5, 0.6) is 0 Å². The molecule has 78 valence electrons. The first kappa shape index (κ1) is 11.0. The number of hydrogen-bond donors (Lipinski definition) is 1. The highest BCUT2D eigenvalue weighted by molar-refractivity contribution is 4.91. The monoisotopic (exact) mass is 183 g/mol. The first-order chi connectivity index (χ1) is 5.94. The SMILES string of the molecule is CC(C)NC1CCC(C)(C(C)C)C1. The highest BCUT2D eigenvalue weighted by Gasteiger charge is 2.37. The standard InChI is InChI=1S/C12H25N/c1-9(2)12(5)7-6-11(8-12)13-10(3)4/h9-11,13H,6-8H2,1-5H3. The molecule has 0 aliphatic heterocycles. The van der Waals surface area contributed by atoms with Crippen molar-refractivity contribution in [2.24, 2.45) is 11.3 Å². The smallest absolute Gasteiger partial charge is 0.00749 e. The van der Waals surface area contributed by atoms with Gasteiger partial charge in [0.25, 0.3) is 0 Å². The highest BCUT2D eigenvalue weighted by atomic mass is 14.9. The van der Waals surface area contributed by atoms with Gasteiger partial charge in [-0.15, -0.1) is 0 Å². The lowest BCUT2D eigenvalue weighted by Gasteiger charge is -2.29. The molecule has 0 heterocycles. The molecule has 0 radical (unpaired) electrons. The van der Waals surface area contributed by atoms with Crippen molar-refractivity contribution in [2.75, 3.05) is 0 Å². The molecule has 0 bridgehead atoms. The second kappa shape index (κ2) is 4.00. The summed E-state index contributed by atoms with van der Waals surface area (Å²) in [6.45, 7) is 11.6. The van der Waals surface area contributed by atoms with Crippen LogP contribution < -0.4 is 5.32 Å². The molecule has 0 aromatic heterocycles. The normalized spacial score (nSPS) is 34.8. The summed E-state index contributed by atoms with van der Waals surface area (Å²) in [5.41, 5.74) is 0.590. The summed E-state index contributed by atoms with van der Waals surface area (Å²) in [5, 5.41) is 3.65. The van der Waals surface area contributed by atoms with Crippen LogP contribution in [0.3, 0.4) is 0 Å².